The van der Waals surface area contributed by atoms with Gasteiger partial charge in [-0.15, -0.1) is 0 Å². The third-order valence-corrected chi connectivity index (χ3v) is 5.95. The van der Waals surface area contributed by atoms with Crippen molar-refractivity contribution in [2.45, 2.75) is 16.3 Å². The van der Waals surface area contributed by atoms with Gasteiger partial charge in [0.15, 0.2) is 0 Å². The standard InChI is InChI=1S/C20H20N2O3S/c1-21-20(23)14-22-13-16-7-5-6-15-12-18(10-11-19(15)16)26(24,25)17-8-3-2-4-9-17/h2-12,22H,13-14H2,1H3,(H,21,23). The van der Waals surface area contributed by atoms with Gasteiger partial charge in [0.2, 0.25) is 15.7 Å². The summed E-state index contributed by atoms with van der Waals surface area (Å²) >= 11 is 0. The van der Waals surface area contributed by atoms with Gasteiger partial charge in [-0.3, -0.25) is 4.79 Å². The molecule has 0 radical (unpaired) electrons. The molecule has 6 heteroatoms. The molecule has 3 aromatic rings. The van der Waals surface area contributed by atoms with E-state index in [4.69, 9.17) is 0 Å². The molecule has 5 nitrogen and oxygen atoms in total. The number of hydrogen-bond acceptors (Lipinski definition) is 4. The first kappa shape index (κ1) is 18.1. The zero-order valence-electron chi connectivity index (χ0n) is 14.4. The van der Waals surface area contributed by atoms with Crippen LogP contribution < -0.4 is 10.6 Å². The Morgan fingerprint density at radius 3 is 2.42 bits per heavy atom. The van der Waals surface area contributed by atoms with Crippen LogP contribution in [0.2, 0.25) is 0 Å². The smallest absolute Gasteiger partial charge is 0.233 e. The minimum atomic E-state index is -3.54. The maximum atomic E-state index is 12.8. The molecule has 0 unspecified atom stereocenters. The maximum Gasteiger partial charge on any atom is 0.233 e. The first-order valence-corrected chi connectivity index (χ1v) is 9.74. The molecule has 0 fully saturated rings. The van der Waals surface area contributed by atoms with Crippen molar-refractivity contribution in [1.82, 2.24) is 10.6 Å². The van der Waals surface area contributed by atoms with Crippen molar-refractivity contribution in [3.8, 4) is 0 Å². The summed E-state index contributed by atoms with van der Waals surface area (Å²) in [7, 11) is -1.95. The van der Waals surface area contributed by atoms with Gasteiger partial charge >= 0.3 is 0 Å². The molecule has 0 heterocycles. The lowest BCUT2D eigenvalue weighted by Gasteiger charge is -2.10. The second-order valence-corrected chi connectivity index (χ2v) is 7.84. The Hall–Kier alpha value is -2.70. The summed E-state index contributed by atoms with van der Waals surface area (Å²) in [5, 5.41) is 7.46. The predicted octanol–water partition coefficient (Wildman–Crippen LogP) is 2.51. The van der Waals surface area contributed by atoms with Crippen molar-refractivity contribution in [2.24, 2.45) is 0 Å². The van der Waals surface area contributed by atoms with Crippen molar-refractivity contribution in [3.05, 3.63) is 72.3 Å². The first-order valence-electron chi connectivity index (χ1n) is 8.25. The van der Waals surface area contributed by atoms with E-state index in [1.54, 1.807) is 49.5 Å². The Balaban J connectivity index is 1.92. The second-order valence-electron chi connectivity index (χ2n) is 5.89. The third-order valence-electron chi connectivity index (χ3n) is 4.19. The molecule has 134 valence electrons. The van der Waals surface area contributed by atoms with Gasteiger partial charge in [0.1, 0.15) is 0 Å². The lowest BCUT2D eigenvalue weighted by atomic mass is 10.0. The third kappa shape index (κ3) is 3.76. The average Bonchev–Trinajstić information content (AvgIpc) is 2.68. The van der Waals surface area contributed by atoms with Gasteiger partial charge in [-0.2, -0.15) is 0 Å². The van der Waals surface area contributed by atoms with Crippen LogP contribution in [0.3, 0.4) is 0 Å². The van der Waals surface area contributed by atoms with Crippen molar-refractivity contribution in [1.29, 1.82) is 0 Å². The van der Waals surface area contributed by atoms with Crippen molar-refractivity contribution in [2.75, 3.05) is 13.6 Å². The molecule has 0 aromatic heterocycles. The van der Waals surface area contributed by atoms with E-state index in [2.05, 4.69) is 10.6 Å². The van der Waals surface area contributed by atoms with Crippen LogP contribution in [0.25, 0.3) is 10.8 Å². The van der Waals surface area contributed by atoms with Gasteiger partial charge in [-0.05, 0) is 40.6 Å². The molecule has 0 spiro atoms. The Labute approximate surface area is 153 Å². The van der Waals surface area contributed by atoms with Crippen LogP contribution in [0, 0.1) is 0 Å². The Morgan fingerprint density at radius 1 is 0.923 bits per heavy atom. The molecule has 26 heavy (non-hydrogen) atoms. The summed E-state index contributed by atoms with van der Waals surface area (Å²) in [5.74, 6) is -0.0820. The summed E-state index contributed by atoms with van der Waals surface area (Å²) in [6.07, 6.45) is 0. The Kier molecular flexibility index (Phi) is 5.35. The number of benzene rings is 3. The molecule has 0 atom stereocenters. The van der Waals surface area contributed by atoms with Crippen LogP contribution in [0.4, 0.5) is 0 Å². The summed E-state index contributed by atoms with van der Waals surface area (Å²) < 4.78 is 25.6. The molecular weight excluding hydrogens is 348 g/mol. The Bertz CT molecular complexity index is 1030. The lowest BCUT2D eigenvalue weighted by Crippen LogP contribution is -2.30. The number of sulfone groups is 1. The molecule has 2 N–H and O–H groups in total. The number of rotatable bonds is 6. The number of carbonyl (C=O) groups excluding carboxylic acids is 1. The van der Waals surface area contributed by atoms with Crippen molar-refractivity contribution >= 4 is 26.5 Å². The highest BCUT2D eigenvalue weighted by atomic mass is 32.2. The van der Waals surface area contributed by atoms with E-state index in [0.717, 1.165) is 16.3 Å². The summed E-state index contributed by atoms with van der Waals surface area (Å²) in [4.78, 5) is 11.9. The highest BCUT2D eigenvalue weighted by Crippen LogP contribution is 2.26. The lowest BCUT2D eigenvalue weighted by molar-refractivity contribution is -0.119. The van der Waals surface area contributed by atoms with E-state index in [9.17, 15) is 13.2 Å². The average molecular weight is 368 g/mol. The van der Waals surface area contributed by atoms with Gasteiger partial charge in [0, 0.05) is 13.6 Å². The summed E-state index contributed by atoms with van der Waals surface area (Å²) in [6, 6.07) is 19.3. The summed E-state index contributed by atoms with van der Waals surface area (Å²) in [6.45, 7) is 0.753. The number of fused-ring (bicyclic) bond motifs is 1. The van der Waals surface area contributed by atoms with E-state index in [0.29, 0.717) is 6.54 Å². The van der Waals surface area contributed by atoms with Crippen molar-refractivity contribution < 1.29 is 13.2 Å². The number of nitrogens with one attached hydrogen (secondary N) is 2. The minimum absolute atomic E-state index is 0.0820. The largest absolute Gasteiger partial charge is 0.358 e. The first-order chi connectivity index (χ1) is 12.5. The minimum Gasteiger partial charge on any atom is -0.358 e. The second kappa shape index (κ2) is 7.68. The fourth-order valence-electron chi connectivity index (χ4n) is 2.78. The van der Waals surface area contributed by atoms with Crippen LogP contribution >= 0.6 is 0 Å². The molecule has 1 amide bonds. The SMILES string of the molecule is CNC(=O)CNCc1cccc2cc(S(=O)(=O)c3ccccc3)ccc12. The van der Waals surface area contributed by atoms with E-state index < -0.39 is 9.84 Å². The van der Waals surface area contributed by atoms with E-state index in [1.807, 2.05) is 24.3 Å². The molecule has 0 aliphatic carbocycles. The van der Waals surface area contributed by atoms with Crippen LogP contribution in [0.15, 0.2) is 76.5 Å². The fraction of sp³-hybridized carbons (Fsp3) is 0.150. The summed E-state index contributed by atoms with van der Waals surface area (Å²) in [5.41, 5.74) is 1.01. The molecule has 3 rings (SSSR count). The van der Waals surface area contributed by atoms with Crippen LogP contribution in [-0.2, 0) is 21.2 Å². The normalized spacial score (nSPS) is 11.4. The zero-order chi connectivity index (χ0) is 18.6. The van der Waals surface area contributed by atoms with Gasteiger partial charge in [0.05, 0.1) is 16.3 Å². The number of likely N-dealkylation sites (N-methyl/N-ethyl adjacent to an activating group) is 1. The number of hydrogen-bond donors (Lipinski definition) is 2. The fourth-order valence-corrected chi connectivity index (χ4v) is 4.10. The monoisotopic (exact) mass is 368 g/mol. The molecule has 0 bridgehead atoms. The van der Waals surface area contributed by atoms with Gasteiger partial charge < -0.3 is 10.6 Å². The molecule has 0 aliphatic heterocycles. The molecule has 3 aromatic carbocycles. The quantitative estimate of drug-likeness (QED) is 0.701. The van der Waals surface area contributed by atoms with Gasteiger partial charge in [-0.25, -0.2) is 8.42 Å². The van der Waals surface area contributed by atoms with E-state index in [1.165, 1.54) is 0 Å². The topological polar surface area (TPSA) is 75.3 Å². The van der Waals surface area contributed by atoms with Crippen LogP contribution in [-0.4, -0.2) is 27.9 Å². The highest BCUT2D eigenvalue weighted by molar-refractivity contribution is 7.91. The van der Waals surface area contributed by atoms with Gasteiger partial charge in [-0.1, -0.05) is 42.5 Å². The maximum absolute atomic E-state index is 12.8. The van der Waals surface area contributed by atoms with Crippen LogP contribution in [0.1, 0.15) is 5.56 Å². The van der Waals surface area contributed by atoms with Crippen LogP contribution in [0.5, 0.6) is 0 Å². The van der Waals surface area contributed by atoms with Gasteiger partial charge in [0.25, 0.3) is 0 Å². The number of carbonyl (C=O) groups is 1. The Morgan fingerprint density at radius 2 is 1.69 bits per heavy atom. The molecule has 0 saturated carbocycles. The van der Waals surface area contributed by atoms with Crippen molar-refractivity contribution in [3.63, 3.8) is 0 Å². The molecule has 0 saturated heterocycles. The zero-order valence-corrected chi connectivity index (χ0v) is 15.2. The highest BCUT2D eigenvalue weighted by Gasteiger charge is 2.17. The molecular formula is C20H20N2O3S. The molecule has 0 aliphatic rings. The predicted molar refractivity (Wildman–Crippen MR) is 102 cm³/mol. The van der Waals surface area contributed by atoms with E-state index >= 15 is 0 Å². The number of amides is 1. The van der Waals surface area contributed by atoms with E-state index in [-0.39, 0.29) is 22.2 Å².